The van der Waals surface area contributed by atoms with Crippen LogP contribution in [-0.4, -0.2) is 12.0 Å². The summed E-state index contributed by atoms with van der Waals surface area (Å²) in [6.07, 6.45) is 0. The minimum atomic E-state index is -1.06. The molecule has 0 spiro atoms. The van der Waals surface area contributed by atoms with Gasteiger partial charge in [-0.25, -0.2) is 0 Å². The van der Waals surface area contributed by atoms with E-state index in [2.05, 4.69) is 4.72 Å². The molecule has 0 radical (unpaired) electrons. The molecule has 1 aromatic rings. The standard InChI is InChI=1S/C7H9NO2S/c1-6(7(9)10)8-11-4-2-3-5-11/h2-6,8H,1H3/t6-/m1/s1. The predicted octanol–water partition coefficient (Wildman–Crippen LogP) is 0.118. The van der Waals surface area contributed by atoms with Crippen molar-refractivity contribution in [1.82, 2.24) is 0 Å². The first-order chi connectivity index (χ1) is 5.20. The summed E-state index contributed by atoms with van der Waals surface area (Å²) in [4.78, 5) is 10.3. The number of hydrogen-bond donors (Lipinski definition) is 1. The molecule has 0 aliphatic carbocycles. The van der Waals surface area contributed by atoms with Gasteiger partial charge in [-0.2, -0.15) is 0 Å². The maximum atomic E-state index is 10.3. The number of aliphatic carboxylic acids is 1. The third kappa shape index (κ3) is 2.32. The molecule has 1 aromatic heterocycles. The highest BCUT2D eigenvalue weighted by Gasteiger charge is 2.08. The summed E-state index contributed by atoms with van der Waals surface area (Å²) in [5, 5.41) is 14.1. The summed E-state index contributed by atoms with van der Waals surface area (Å²) in [5.41, 5.74) is 0. The number of thiophene rings is 1. The Morgan fingerprint density at radius 3 is 2.55 bits per heavy atom. The van der Waals surface area contributed by atoms with Gasteiger partial charge in [0.25, 0.3) is 0 Å². The van der Waals surface area contributed by atoms with Gasteiger partial charge in [0.1, 0.15) is 0 Å². The zero-order valence-corrected chi connectivity index (χ0v) is 6.93. The van der Waals surface area contributed by atoms with Crippen molar-refractivity contribution in [3.63, 3.8) is 0 Å². The molecule has 0 aromatic carbocycles. The Hall–Kier alpha value is -0.870. The van der Waals surface area contributed by atoms with Crippen molar-refractivity contribution >= 4 is 16.6 Å². The second kappa shape index (κ2) is 3.50. The van der Waals surface area contributed by atoms with Crippen molar-refractivity contribution < 1.29 is 9.90 Å². The van der Waals surface area contributed by atoms with Crippen molar-refractivity contribution in [1.29, 1.82) is 0 Å². The molecule has 0 aliphatic rings. The largest absolute Gasteiger partial charge is 0.548 e. The highest BCUT2D eigenvalue weighted by atomic mass is 32.2. The average Bonchev–Trinajstić information content (AvgIpc) is 2.39. The first-order valence-electron chi connectivity index (χ1n) is 3.24. The van der Waals surface area contributed by atoms with Gasteiger partial charge in [-0.05, 0) is 19.1 Å². The summed E-state index contributed by atoms with van der Waals surface area (Å²) in [7, 11) is -0.210. The Bertz CT molecular complexity index is 233. The van der Waals surface area contributed by atoms with Crippen molar-refractivity contribution in [2.75, 3.05) is 4.72 Å². The second-order valence-corrected chi connectivity index (χ2v) is 3.71. The van der Waals surface area contributed by atoms with Crippen molar-refractivity contribution in [2.45, 2.75) is 13.0 Å². The number of nitrogens with one attached hydrogen (secondary N) is 1. The van der Waals surface area contributed by atoms with Crippen LogP contribution >= 0.6 is 10.7 Å². The molecule has 0 amide bonds. The van der Waals surface area contributed by atoms with Gasteiger partial charge in [-0.3, -0.25) is 0 Å². The van der Waals surface area contributed by atoms with Crippen LogP contribution in [0.1, 0.15) is 6.92 Å². The fourth-order valence-electron chi connectivity index (χ4n) is 0.636. The SMILES string of the molecule is C[C@@H](N[s+]1cccc1)C(=O)[O-]. The highest BCUT2D eigenvalue weighted by molar-refractivity contribution is 7.30. The zero-order chi connectivity index (χ0) is 8.27. The number of carboxylic acids is 1. The van der Waals surface area contributed by atoms with Crippen LogP contribution in [0.3, 0.4) is 0 Å². The van der Waals surface area contributed by atoms with Crippen LogP contribution in [-0.2, 0) is 4.79 Å². The molecule has 3 nitrogen and oxygen atoms in total. The molecule has 0 saturated heterocycles. The lowest BCUT2D eigenvalue weighted by Crippen LogP contribution is -2.38. The zero-order valence-electron chi connectivity index (χ0n) is 6.11. The quantitative estimate of drug-likeness (QED) is 0.657. The van der Waals surface area contributed by atoms with Gasteiger partial charge < -0.3 is 9.90 Å². The molecule has 11 heavy (non-hydrogen) atoms. The molecule has 0 bridgehead atoms. The molecule has 1 heterocycles. The monoisotopic (exact) mass is 171 g/mol. The van der Waals surface area contributed by atoms with Gasteiger partial charge in [0.05, 0.1) is 22.7 Å². The van der Waals surface area contributed by atoms with E-state index in [1.807, 2.05) is 22.9 Å². The third-order valence-electron chi connectivity index (χ3n) is 1.23. The van der Waals surface area contributed by atoms with E-state index in [0.29, 0.717) is 0 Å². The van der Waals surface area contributed by atoms with Gasteiger partial charge in [0.2, 0.25) is 0 Å². The predicted molar refractivity (Wildman–Crippen MR) is 42.8 cm³/mol. The van der Waals surface area contributed by atoms with E-state index in [1.165, 1.54) is 0 Å². The smallest absolute Gasteiger partial charge is 0.159 e. The van der Waals surface area contributed by atoms with E-state index in [1.54, 1.807) is 6.92 Å². The van der Waals surface area contributed by atoms with Crippen LogP contribution in [0.5, 0.6) is 0 Å². The normalized spacial score (nSPS) is 12.8. The van der Waals surface area contributed by atoms with Gasteiger partial charge in [0.15, 0.2) is 10.8 Å². The fraction of sp³-hybridized carbons (Fsp3) is 0.286. The number of hydrogen-bond acceptors (Lipinski definition) is 3. The molecule has 1 rings (SSSR count). The maximum absolute atomic E-state index is 10.3. The Labute approximate surface area is 67.8 Å². The van der Waals surface area contributed by atoms with Crippen molar-refractivity contribution in [2.24, 2.45) is 0 Å². The molecule has 1 N–H and O–H groups in total. The molecule has 4 heteroatoms. The molecule has 60 valence electrons. The summed E-state index contributed by atoms with van der Waals surface area (Å²) in [6.45, 7) is 1.57. The third-order valence-corrected chi connectivity index (χ3v) is 2.75. The van der Waals surface area contributed by atoms with Crippen LogP contribution in [0.4, 0.5) is 0 Å². The number of carbonyl (C=O) groups excluding carboxylic acids is 1. The van der Waals surface area contributed by atoms with E-state index >= 15 is 0 Å². The van der Waals surface area contributed by atoms with Gasteiger partial charge in [-0.15, -0.1) is 4.72 Å². The number of rotatable bonds is 3. The number of carbonyl (C=O) groups is 1. The lowest BCUT2D eigenvalue weighted by atomic mass is 10.4. The fourth-order valence-corrected chi connectivity index (χ4v) is 1.91. The molecular formula is C7H9NO2S. The topological polar surface area (TPSA) is 52.2 Å². The van der Waals surface area contributed by atoms with Crippen molar-refractivity contribution in [3.8, 4) is 0 Å². The van der Waals surface area contributed by atoms with E-state index < -0.39 is 12.0 Å². The summed E-state index contributed by atoms with van der Waals surface area (Å²) >= 11 is 0. The molecule has 1 atom stereocenters. The molecule has 0 unspecified atom stereocenters. The molecular weight excluding hydrogens is 162 g/mol. The van der Waals surface area contributed by atoms with Crippen molar-refractivity contribution in [3.05, 3.63) is 22.9 Å². The van der Waals surface area contributed by atoms with Crippen LogP contribution in [0.25, 0.3) is 0 Å². The Morgan fingerprint density at radius 1 is 1.55 bits per heavy atom. The first-order valence-corrected chi connectivity index (χ1v) is 4.59. The minimum absolute atomic E-state index is 0.210. The second-order valence-electron chi connectivity index (χ2n) is 2.19. The first kappa shape index (κ1) is 8.23. The average molecular weight is 171 g/mol. The highest BCUT2D eigenvalue weighted by Crippen LogP contribution is 2.13. The van der Waals surface area contributed by atoms with Crippen LogP contribution in [0, 0.1) is 0 Å². The Balaban J connectivity index is 2.50. The summed E-state index contributed by atoms with van der Waals surface area (Å²) in [6, 6.07) is 3.18. The number of carboxylic acid groups (broad SMARTS) is 1. The molecule has 0 aliphatic heterocycles. The maximum Gasteiger partial charge on any atom is 0.159 e. The van der Waals surface area contributed by atoms with E-state index in [4.69, 9.17) is 0 Å². The van der Waals surface area contributed by atoms with Crippen LogP contribution < -0.4 is 9.83 Å². The lowest BCUT2D eigenvalue weighted by Gasteiger charge is -2.06. The van der Waals surface area contributed by atoms with Gasteiger partial charge in [-0.1, -0.05) is 0 Å². The van der Waals surface area contributed by atoms with Crippen LogP contribution in [0.2, 0.25) is 0 Å². The van der Waals surface area contributed by atoms with E-state index in [9.17, 15) is 9.90 Å². The molecule has 0 fully saturated rings. The molecule has 0 saturated carbocycles. The van der Waals surface area contributed by atoms with Gasteiger partial charge in [0, 0.05) is 0 Å². The Kier molecular flexibility index (Phi) is 2.62. The summed E-state index contributed by atoms with van der Waals surface area (Å²) in [5.74, 6) is -1.06. The van der Waals surface area contributed by atoms with E-state index in [0.717, 1.165) is 0 Å². The van der Waals surface area contributed by atoms with Gasteiger partial charge >= 0.3 is 0 Å². The lowest BCUT2D eigenvalue weighted by molar-refractivity contribution is -0.306. The van der Waals surface area contributed by atoms with Crippen LogP contribution in [0.15, 0.2) is 22.9 Å². The summed E-state index contributed by atoms with van der Waals surface area (Å²) < 4.78 is 2.87. The minimum Gasteiger partial charge on any atom is -0.548 e. The Morgan fingerprint density at radius 2 is 2.09 bits per heavy atom. The van der Waals surface area contributed by atoms with E-state index in [-0.39, 0.29) is 10.7 Å².